The molecule has 4 rings (SSSR count). The maximum atomic E-state index is 12.7. The molecule has 1 fully saturated rings. The zero-order chi connectivity index (χ0) is 25.4. The standard InChI is InChI=1S/C20H24F3N7O4S/c1-11(2)25-19(31)34-14-4-3-12(7-14)15-9-17(28-27-15)26-18-16-8-13(29-30(16)6-5-24-18)10-35(32,33)20(21,22)23/h5-6,8-9,11-12,14H,3-4,7,10H2,1-2H3,(H,25,31)(H2,24,26,27,28)/t12-,14+/m0/s1. The number of H-pyrrole nitrogens is 1. The molecule has 3 aromatic heterocycles. The predicted molar refractivity (Wildman–Crippen MR) is 119 cm³/mol. The molecule has 0 aliphatic heterocycles. The van der Waals surface area contributed by atoms with Crippen LogP contribution in [0, 0.1) is 0 Å². The lowest BCUT2D eigenvalue weighted by Gasteiger charge is -2.14. The lowest BCUT2D eigenvalue weighted by molar-refractivity contribution is -0.0438. The number of anilines is 2. The van der Waals surface area contributed by atoms with Gasteiger partial charge in [-0.3, -0.25) is 5.10 Å². The Kier molecular flexibility index (Phi) is 6.62. The van der Waals surface area contributed by atoms with Gasteiger partial charge in [0.25, 0.3) is 9.84 Å². The Hall–Kier alpha value is -3.36. The van der Waals surface area contributed by atoms with Gasteiger partial charge in [0.15, 0.2) is 11.6 Å². The number of hydrogen-bond acceptors (Lipinski definition) is 8. The number of aromatic nitrogens is 5. The van der Waals surface area contributed by atoms with Crippen LogP contribution in [0.4, 0.5) is 29.6 Å². The van der Waals surface area contributed by atoms with E-state index in [0.717, 1.165) is 18.5 Å². The zero-order valence-corrected chi connectivity index (χ0v) is 19.7. The molecule has 0 radical (unpaired) electrons. The highest BCUT2D eigenvalue weighted by atomic mass is 32.2. The van der Waals surface area contributed by atoms with Crippen molar-refractivity contribution in [2.24, 2.45) is 0 Å². The van der Waals surface area contributed by atoms with Crippen molar-refractivity contribution in [3.63, 3.8) is 0 Å². The first-order valence-electron chi connectivity index (χ1n) is 10.8. The van der Waals surface area contributed by atoms with E-state index >= 15 is 0 Å². The Labute approximate surface area is 198 Å². The second-order valence-electron chi connectivity index (χ2n) is 8.62. The van der Waals surface area contributed by atoms with Crippen LogP contribution in [0.1, 0.15) is 50.4 Å². The van der Waals surface area contributed by atoms with Crippen LogP contribution in [-0.2, 0) is 20.3 Å². The van der Waals surface area contributed by atoms with Crippen molar-refractivity contribution in [1.29, 1.82) is 0 Å². The molecule has 3 N–H and O–H groups in total. The van der Waals surface area contributed by atoms with E-state index < -0.39 is 27.2 Å². The van der Waals surface area contributed by atoms with Gasteiger partial charge in [-0.1, -0.05) is 0 Å². The van der Waals surface area contributed by atoms with Crippen molar-refractivity contribution in [3.8, 4) is 0 Å². The third kappa shape index (κ3) is 5.66. The second kappa shape index (κ2) is 9.36. The van der Waals surface area contributed by atoms with Gasteiger partial charge in [-0.05, 0) is 39.2 Å². The SMILES string of the molecule is CC(C)NC(=O)O[C@@H]1CC[C@H](c2cc(Nc3nccn4nc(CS(=O)(=O)C(F)(F)F)cc34)n[nH]2)C1. The third-order valence-corrected chi connectivity index (χ3v) is 6.86. The summed E-state index contributed by atoms with van der Waals surface area (Å²) < 4.78 is 67.8. The van der Waals surface area contributed by atoms with Gasteiger partial charge in [0.2, 0.25) is 0 Å². The minimum absolute atomic E-state index is 0.0140. The van der Waals surface area contributed by atoms with Gasteiger partial charge in [-0.15, -0.1) is 0 Å². The predicted octanol–water partition coefficient (Wildman–Crippen LogP) is 3.40. The fourth-order valence-corrected chi connectivity index (χ4v) is 4.59. The highest BCUT2D eigenvalue weighted by Gasteiger charge is 2.45. The molecule has 2 atom stereocenters. The Bertz CT molecular complexity index is 1320. The summed E-state index contributed by atoms with van der Waals surface area (Å²) in [5, 5.41) is 16.8. The second-order valence-corrected chi connectivity index (χ2v) is 10.6. The summed E-state index contributed by atoms with van der Waals surface area (Å²) in [5.74, 6) is -0.516. The first-order valence-corrected chi connectivity index (χ1v) is 12.5. The first-order chi connectivity index (χ1) is 16.4. The molecule has 1 aliphatic carbocycles. The summed E-state index contributed by atoms with van der Waals surface area (Å²) in [6.07, 6.45) is 4.29. The molecule has 0 saturated heterocycles. The Balaban J connectivity index is 1.44. The van der Waals surface area contributed by atoms with Crippen LogP contribution < -0.4 is 10.6 Å². The van der Waals surface area contributed by atoms with Crippen molar-refractivity contribution in [3.05, 3.63) is 35.9 Å². The van der Waals surface area contributed by atoms with E-state index in [-0.39, 0.29) is 35.1 Å². The average molecular weight is 516 g/mol. The van der Waals surface area contributed by atoms with Crippen molar-refractivity contribution in [1.82, 2.24) is 30.1 Å². The lowest BCUT2D eigenvalue weighted by atomic mass is 10.0. The first kappa shape index (κ1) is 24.8. The largest absolute Gasteiger partial charge is 0.497 e. The molecule has 1 amide bonds. The van der Waals surface area contributed by atoms with Crippen LogP contribution in [-0.4, -0.2) is 57.0 Å². The van der Waals surface area contributed by atoms with Crippen LogP contribution in [0.5, 0.6) is 0 Å². The van der Waals surface area contributed by atoms with Crippen LogP contribution in [0.15, 0.2) is 24.5 Å². The number of alkyl halides is 3. The molecule has 0 unspecified atom stereocenters. The quantitative estimate of drug-likeness (QED) is 0.434. The van der Waals surface area contributed by atoms with Crippen LogP contribution in [0.3, 0.4) is 0 Å². The number of aromatic amines is 1. The van der Waals surface area contributed by atoms with E-state index in [0.29, 0.717) is 12.2 Å². The number of alkyl carbamates (subject to hydrolysis) is 1. The van der Waals surface area contributed by atoms with E-state index in [9.17, 15) is 26.4 Å². The normalized spacial score (nSPS) is 18.8. The zero-order valence-electron chi connectivity index (χ0n) is 18.8. The van der Waals surface area contributed by atoms with Gasteiger partial charge in [-0.2, -0.15) is 23.4 Å². The molecular weight excluding hydrogens is 491 g/mol. The topological polar surface area (TPSA) is 143 Å². The molecule has 0 aromatic carbocycles. The smallest absolute Gasteiger partial charge is 0.446 e. The fraction of sp³-hybridized carbons (Fsp3) is 0.500. The number of nitrogens with one attached hydrogen (secondary N) is 3. The van der Waals surface area contributed by atoms with Crippen molar-refractivity contribution >= 4 is 33.1 Å². The maximum absolute atomic E-state index is 12.7. The maximum Gasteiger partial charge on any atom is 0.497 e. The number of sulfone groups is 1. The van der Waals surface area contributed by atoms with E-state index in [1.807, 2.05) is 13.8 Å². The molecular formula is C20H24F3N7O4S. The number of fused-ring (bicyclic) bond motifs is 1. The van der Waals surface area contributed by atoms with Crippen molar-refractivity contribution < 1.29 is 31.1 Å². The number of carbonyl (C=O) groups excluding carboxylic acids is 1. The Morgan fingerprint density at radius 3 is 2.80 bits per heavy atom. The highest BCUT2D eigenvalue weighted by molar-refractivity contribution is 7.91. The number of amides is 1. The van der Waals surface area contributed by atoms with Crippen LogP contribution in [0.25, 0.3) is 5.52 Å². The van der Waals surface area contributed by atoms with Gasteiger partial charge >= 0.3 is 11.6 Å². The van der Waals surface area contributed by atoms with E-state index in [2.05, 4.69) is 30.9 Å². The van der Waals surface area contributed by atoms with E-state index in [1.54, 1.807) is 6.07 Å². The highest BCUT2D eigenvalue weighted by Crippen LogP contribution is 2.36. The monoisotopic (exact) mass is 515 g/mol. The van der Waals surface area contributed by atoms with Crippen molar-refractivity contribution in [2.45, 2.75) is 62.4 Å². The number of nitrogens with zero attached hydrogens (tertiary/aromatic N) is 4. The number of rotatable bonds is 7. The number of halogens is 3. The van der Waals surface area contributed by atoms with Gasteiger partial charge in [0.05, 0.1) is 5.69 Å². The molecule has 1 saturated carbocycles. The number of hydrogen-bond donors (Lipinski definition) is 3. The minimum Gasteiger partial charge on any atom is -0.446 e. The summed E-state index contributed by atoms with van der Waals surface area (Å²) in [7, 11) is -5.36. The lowest BCUT2D eigenvalue weighted by Crippen LogP contribution is -2.33. The Morgan fingerprint density at radius 2 is 2.09 bits per heavy atom. The van der Waals surface area contributed by atoms with Gasteiger partial charge in [0.1, 0.15) is 17.4 Å². The van der Waals surface area contributed by atoms with Crippen LogP contribution in [0.2, 0.25) is 0 Å². The summed E-state index contributed by atoms with van der Waals surface area (Å²) in [6.45, 7) is 3.70. The molecule has 3 aromatic rings. The molecule has 190 valence electrons. The van der Waals surface area contributed by atoms with E-state index in [1.165, 1.54) is 23.0 Å². The summed E-state index contributed by atoms with van der Waals surface area (Å²) in [4.78, 5) is 16.0. The number of carbonyl (C=O) groups is 1. The molecule has 3 heterocycles. The van der Waals surface area contributed by atoms with Crippen LogP contribution >= 0.6 is 0 Å². The van der Waals surface area contributed by atoms with E-state index in [4.69, 9.17) is 4.74 Å². The summed E-state index contributed by atoms with van der Waals surface area (Å²) in [5.41, 5.74) is -4.51. The Morgan fingerprint density at radius 1 is 1.31 bits per heavy atom. The summed E-state index contributed by atoms with van der Waals surface area (Å²) >= 11 is 0. The molecule has 35 heavy (non-hydrogen) atoms. The average Bonchev–Trinajstić information content (AvgIpc) is 3.46. The van der Waals surface area contributed by atoms with Gasteiger partial charge in [-0.25, -0.2) is 22.7 Å². The molecule has 0 bridgehead atoms. The third-order valence-electron chi connectivity index (χ3n) is 5.48. The summed E-state index contributed by atoms with van der Waals surface area (Å²) in [6, 6.07) is 2.99. The molecule has 15 heteroatoms. The molecule has 0 spiro atoms. The fourth-order valence-electron chi connectivity index (χ4n) is 3.90. The van der Waals surface area contributed by atoms with Gasteiger partial charge < -0.3 is 15.4 Å². The van der Waals surface area contributed by atoms with Crippen molar-refractivity contribution in [2.75, 3.05) is 5.32 Å². The molecule has 1 aliphatic rings. The minimum atomic E-state index is -5.36. The van der Waals surface area contributed by atoms with Gasteiger partial charge in [0, 0.05) is 36.1 Å². The molecule has 11 nitrogen and oxygen atoms in total. The number of ether oxygens (including phenoxy) is 1.